The molecule has 156 valence electrons. The molecule has 1 aromatic heterocycles. The summed E-state index contributed by atoms with van der Waals surface area (Å²) in [6.07, 6.45) is 0.375. The van der Waals surface area contributed by atoms with Crippen molar-refractivity contribution < 1.29 is 22.3 Å². The molecular formula is C22H20FNO4S2. The van der Waals surface area contributed by atoms with Crippen LogP contribution < -0.4 is 4.74 Å². The van der Waals surface area contributed by atoms with E-state index in [0.717, 1.165) is 4.88 Å². The molecule has 5 nitrogen and oxygen atoms in total. The van der Waals surface area contributed by atoms with Crippen LogP contribution in [-0.4, -0.2) is 38.1 Å². The van der Waals surface area contributed by atoms with Crippen molar-refractivity contribution >= 4 is 27.1 Å². The van der Waals surface area contributed by atoms with Gasteiger partial charge in [-0.05, 0) is 60.3 Å². The van der Waals surface area contributed by atoms with Gasteiger partial charge in [0.15, 0.2) is 9.84 Å². The molecule has 2 aromatic carbocycles. The number of hydrogen-bond acceptors (Lipinski definition) is 5. The lowest BCUT2D eigenvalue weighted by Gasteiger charge is -2.20. The Morgan fingerprint density at radius 2 is 1.83 bits per heavy atom. The van der Waals surface area contributed by atoms with Crippen molar-refractivity contribution in [2.75, 3.05) is 18.8 Å². The Balaban J connectivity index is 1.50. The molecule has 1 aliphatic rings. The molecule has 1 atom stereocenters. The first kappa shape index (κ1) is 20.6. The first-order valence-electron chi connectivity index (χ1n) is 9.50. The minimum absolute atomic E-state index is 0.0624. The maximum absolute atomic E-state index is 13.1. The quantitative estimate of drug-likeness (QED) is 0.585. The molecule has 1 fully saturated rings. The SMILES string of the molecule is O=C(c1cccc(Oc2ccc(F)cc2)c1)N1CC[C@@H](c2cccs2)S(=O)(=O)CC1. The molecule has 1 aliphatic heterocycles. The summed E-state index contributed by atoms with van der Waals surface area (Å²) in [4.78, 5) is 15.4. The van der Waals surface area contributed by atoms with Crippen LogP contribution in [-0.2, 0) is 9.84 Å². The van der Waals surface area contributed by atoms with Gasteiger partial charge < -0.3 is 9.64 Å². The van der Waals surface area contributed by atoms with Gasteiger partial charge >= 0.3 is 0 Å². The maximum atomic E-state index is 13.1. The van der Waals surface area contributed by atoms with E-state index in [-0.39, 0.29) is 24.0 Å². The standard InChI is InChI=1S/C22H20FNO4S2/c23-17-6-8-18(9-7-17)28-19-4-1-3-16(15-19)22(25)24-11-10-21(20-5-2-13-29-20)30(26,27)14-12-24/h1-9,13,15,21H,10-12,14H2/t21-/m0/s1. The summed E-state index contributed by atoms with van der Waals surface area (Å²) in [5.41, 5.74) is 0.418. The average Bonchev–Trinajstić information content (AvgIpc) is 3.20. The predicted octanol–water partition coefficient (Wildman–Crippen LogP) is 4.68. The normalized spacial score (nSPS) is 18.6. The zero-order valence-electron chi connectivity index (χ0n) is 16.0. The van der Waals surface area contributed by atoms with Crippen LogP contribution in [0.4, 0.5) is 4.39 Å². The van der Waals surface area contributed by atoms with E-state index < -0.39 is 15.1 Å². The number of thiophene rings is 1. The third-order valence-corrected chi connectivity index (χ3v) is 8.26. The molecule has 30 heavy (non-hydrogen) atoms. The van der Waals surface area contributed by atoms with Gasteiger partial charge in [-0.3, -0.25) is 4.79 Å². The Bertz CT molecular complexity index is 1130. The molecule has 4 rings (SSSR count). The van der Waals surface area contributed by atoms with Crippen LogP contribution in [0.2, 0.25) is 0 Å². The summed E-state index contributed by atoms with van der Waals surface area (Å²) < 4.78 is 44.2. The fourth-order valence-corrected chi connectivity index (χ4v) is 6.46. The number of carbonyl (C=O) groups excluding carboxylic acids is 1. The molecule has 3 aromatic rings. The van der Waals surface area contributed by atoms with Crippen molar-refractivity contribution in [2.24, 2.45) is 0 Å². The zero-order chi connectivity index (χ0) is 21.1. The van der Waals surface area contributed by atoms with Gasteiger partial charge in [-0.25, -0.2) is 12.8 Å². The summed E-state index contributed by atoms with van der Waals surface area (Å²) in [5.74, 6) is 0.254. The lowest BCUT2D eigenvalue weighted by atomic mass is 10.1. The molecule has 8 heteroatoms. The third-order valence-electron chi connectivity index (χ3n) is 5.02. The summed E-state index contributed by atoms with van der Waals surface area (Å²) >= 11 is 1.43. The molecule has 0 N–H and O–H groups in total. The highest BCUT2D eigenvalue weighted by atomic mass is 32.2. The largest absolute Gasteiger partial charge is 0.457 e. The number of halogens is 1. The summed E-state index contributed by atoms with van der Waals surface area (Å²) in [5, 5.41) is 1.30. The van der Waals surface area contributed by atoms with Crippen molar-refractivity contribution in [1.82, 2.24) is 4.90 Å². The Morgan fingerprint density at radius 3 is 2.57 bits per heavy atom. The monoisotopic (exact) mass is 445 g/mol. The number of nitrogens with zero attached hydrogens (tertiary/aromatic N) is 1. The lowest BCUT2D eigenvalue weighted by molar-refractivity contribution is 0.0766. The van der Waals surface area contributed by atoms with Gasteiger partial charge in [0.05, 0.1) is 11.0 Å². The number of ether oxygens (including phenoxy) is 1. The molecule has 0 saturated carbocycles. The second-order valence-electron chi connectivity index (χ2n) is 7.04. The van der Waals surface area contributed by atoms with Crippen molar-refractivity contribution in [3.05, 3.63) is 82.3 Å². The van der Waals surface area contributed by atoms with E-state index in [2.05, 4.69) is 0 Å². The van der Waals surface area contributed by atoms with E-state index >= 15 is 0 Å². The van der Waals surface area contributed by atoms with Crippen LogP contribution in [0.25, 0.3) is 0 Å². The Labute approximate surface area is 178 Å². The molecule has 2 heterocycles. The fraction of sp³-hybridized carbons (Fsp3) is 0.227. The van der Waals surface area contributed by atoms with Crippen molar-refractivity contribution in [1.29, 1.82) is 0 Å². The lowest BCUT2D eigenvalue weighted by Crippen LogP contribution is -2.33. The predicted molar refractivity (Wildman–Crippen MR) is 114 cm³/mol. The summed E-state index contributed by atoms with van der Waals surface area (Å²) in [6.45, 7) is 0.524. The van der Waals surface area contributed by atoms with Crippen LogP contribution in [0.15, 0.2) is 66.0 Å². The highest BCUT2D eigenvalue weighted by molar-refractivity contribution is 7.91. The van der Waals surface area contributed by atoms with Crippen LogP contribution in [0.1, 0.15) is 26.9 Å². The first-order valence-corrected chi connectivity index (χ1v) is 12.1. The Morgan fingerprint density at radius 1 is 1.03 bits per heavy atom. The van der Waals surface area contributed by atoms with Gasteiger partial charge in [-0.1, -0.05) is 12.1 Å². The van der Waals surface area contributed by atoms with Crippen molar-refractivity contribution in [2.45, 2.75) is 11.7 Å². The van der Waals surface area contributed by atoms with E-state index in [1.807, 2.05) is 17.5 Å². The van der Waals surface area contributed by atoms with E-state index in [0.29, 0.717) is 30.0 Å². The first-order chi connectivity index (χ1) is 14.4. The second-order valence-corrected chi connectivity index (χ2v) is 10.3. The third kappa shape index (κ3) is 4.55. The Kier molecular flexibility index (Phi) is 5.87. The molecule has 1 amide bonds. The highest BCUT2D eigenvalue weighted by Gasteiger charge is 2.33. The van der Waals surface area contributed by atoms with E-state index in [9.17, 15) is 17.6 Å². The van der Waals surface area contributed by atoms with Gasteiger partial charge in [-0.2, -0.15) is 0 Å². The minimum atomic E-state index is -3.32. The van der Waals surface area contributed by atoms with Gasteiger partial charge in [-0.15, -0.1) is 11.3 Å². The van der Waals surface area contributed by atoms with E-state index in [1.165, 1.54) is 35.6 Å². The number of hydrogen-bond donors (Lipinski definition) is 0. The minimum Gasteiger partial charge on any atom is -0.457 e. The molecule has 0 bridgehead atoms. The molecule has 0 spiro atoms. The number of amides is 1. The van der Waals surface area contributed by atoms with Gasteiger partial charge in [0.1, 0.15) is 17.3 Å². The number of carbonyl (C=O) groups is 1. The molecule has 0 radical (unpaired) electrons. The van der Waals surface area contributed by atoms with E-state index in [4.69, 9.17) is 4.74 Å². The molecule has 1 saturated heterocycles. The van der Waals surface area contributed by atoms with Crippen LogP contribution >= 0.6 is 11.3 Å². The highest BCUT2D eigenvalue weighted by Crippen LogP contribution is 2.33. The van der Waals surface area contributed by atoms with Crippen LogP contribution in [0.5, 0.6) is 11.5 Å². The topological polar surface area (TPSA) is 63.7 Å². The molecule has 0 unspecified atom stereocenters. The summed E-state index contributed by atoms with van der Waals surface area (Å²) in [6, 6.07) is 16.0. The van der Waals surface area contributed by atoms with Gasteiger partial charge in [0.2, 0.25) is 0 Å². The average molecular weight is 446 g/mol. The Hall–Kier alpha value is -2.71. The zero-order valence-corrected chi connectivity index (χ0v) is 17.7. The van der Waals surface area contributed by atoms with Crippen molar-refractivity contribution in [3.8, 4) is 11.5 Å². The fourth-order valence-electron chi connectivity index (χ4n) is 3.45. The second kappa shape index (κ2) is 8.57. The van der Waals surface area contributed by atoms with Gasteiger partial charge in [0.25, 0.3) is 5.91 Å². The summed E-state index contributed by atoms with van der Waals surface area (Å²) in [7, 11) is -3.32. The van der Waals surface area contributed by atoms with E-state index in [1.54, 1.807) is 29.2 Å². The van der Waals surface area contributed by atoms with Crippen molar-refractivity contribution in [3.63, 3.8) is 0 Å². The molecular weight excluding hydrogens is 425 g/mol. The van der Waals surface area contributed by atoms with Gasteiger partial charge in [0, 0.05) is 23.5 Å². The van der Waals surface area contributed by atoms with Crippen LogP contribution in [0, 0.1) is 5.82 Å². The maximum Gasteiger partial charge on any atom is 0.254 e. The molecule has 0 aliphatic carbocycles. The number of benzene rings is 2. The smallest absolute Gasteiger partial charge is 0.254 e. The number of sulfone groups is 1. The number of rotatable bonds is 4. The van der Waals surface area contributed by atoms with Crippen LogP contribution in [0.3, 0.4) is 0 Å².